The third-order valence-electron chi connectivity index (χ3n) is 4.06. The molecule has 0 radical (unpaired) electrons. The van der Waals surface area contributed by atoms with Crippen LogP contribution in [0, 0.1) is 10.1 Å². The predicted octanol–water partition coefficient (Wildman–Crippen LogP) is 2.54. The van der Waals surface area contributed by atoms with Crippen molar-refractivity contribution in [3.63, 3.8) is 0 Å². The molecule has 1 aromatic rings. The number of Topliss-reactive ketones (excluding diaryl/α,β-unsaturated/α-hetero) is 1. The van der Waals surface area contributed by atoms with Crippen molar-refractivity contribution in [2.75, 3.05) is 18.5 Å². The molecule has 0 amide bonds. The normalized spacial score (nSPS) is 16.7. The van der Waals surface area contributed by atoms with E-state index in [-0.39, 0.29) is 11.5 Å². The van der Waals surface area contributed by atoms with Crippen LogP contribution in [-0.4, -0.2) is 35.0 Å². The number of nitrogens with zero attached hydrogens (tertiary/aromatic N) is 2. The molecular formula is C15H20N2O4. The van der Waals surface area contributed by atoms with E-state index in [4.69, 9.17) is 0 Å². The summed E-state index contributed by atoms with van der Waals surface area (Å²) in [5, 5.41) is 21.7. The van der Waals surface area contributed by atoms with Crippen molar-refractivity contribution in [3.05, 3.63) is 33.9 Å². The number of carbonyl (C=O) groups is 1. The number of anilines is 1. The van der Waals surface area contributed by atoms with Crippen LogP contribution in [0.25, 0.3) is 0 Å². The molecule has 0 spiro atoms. The second-order valence-electron chi connectivity index (χ2n) is 5.80. The summed E-state index contributed by atoms with van der Waals surface area (Å²) < 4.78 is 0. The standard InChI is InChI=1S/C15H20N2O4/c1-11(18)12-5-6-13(14(9-12)17(20)21)16(2)10-15(19)7-3-4-8-15/h5-6,9,19H,3-4,7-8,10H2,1-2H3. The first kappa shape index (κ1) is 15.4. The first-order valence-electron chi connectivity index (χ1n) is 7.05. The monoisotopic (exact) mass is 292 g/mol. The Morgan fingerprint density at radius 2 is 2.05 bits per heavy atom. The highest BCUT2D eigenvalue weighted by molar-refractivity contribution is 5.95. The average molecular weight is 292 g/mol. The Labute approximate surface area is 123 Å². The van der Waals surface area contributed by atoms with Gasteiger partial charge in [0.2, 0.25) is 0 Å². The smallest absolute Gasteiger partial charge is 0.293 e. The molecule has 0 atom stereocenters. The van der Waals surface area contributed by atoms with E-state index in [0.29, 0.717) is 17.8 Å². The van der Waals surface area contributed by atoms with Gasteiger partial charge in [-0.05, 0) is 31.9 Å². The minimum atomic E-state index is -0.776. The molecule has 1 aromatic carbocycles. The molecule has 1 fully saturated rings. The molecule has 1 aliphatic carbocycles. The lowest BCUT2D eigenvalue weighted by molar-refractivity contribution is -0.384. The summed E-state index contributed by atoms with van der Waals surface area (Å²) in [5.41, 5.74) is -0.141. The Balaban J connectivity index is 2.29. The third-order valence-corrected chi connectivity index (χ3v) is 4.06. The van der Waals surface area contributed by atoms with E-state index in [0.717, 1.165) is 25.7 Å². The van der Waals surface area contributed by atoms with Crippen molar-refractivity contribution in [2.45, 2.75) is 38.2 Å². The number of nitro benzene ring substituents is 1. The van der Waals surface area contributed by atoms with Crippen LogP contribution in [0.1, 0.15) is 43.0 Å². The van der Waals surface area contributed by atoms with Gasteiger partial charge in [-0.1, -0.05) is 12.8 Å². The van der Waals surface area contributed by atoms with Crippen molar-refractivity contribution >= 4 is 17.2 Å². The molecule has 0 bridgehead atoms. The zero-order chi connectivity index (χ0) is 15.6. The van der Waals surface area contributed by atoms with Crippen LogP contribution in [0.5, 0.6) is 0 Å². The van der Waals surface area contributed by atoms with Crippen LogP contribution in [0.3, 0.4) is 0 Å². The number of carbonyl (C=O) groups excluding carboxylic acids is 1. The zero-order valence-electron chi connectivity index (χ0n) is 12.3. The van der Waals surface area contributed by atoms with Gasteiger partial charge in [-0.3, -0.25) is 14.9 Å². The summed E-state index contributed by atoms with van der Waals surface area (Å²) in [6.45, 7) is 1.73. The summed E-state index contributed by atoms with van der Waals surface area (Å²) in [7, 11) is 1.73. The maximum Gasteiger partial charge on any atom is 0.293 e. The molecule has 0 aliphatic heterocycles. The molecule has 114 valence electrons. The van der Waals surface area contributed by atoms with Crippen LogP contribution in [-0.2, 0) is 0 Å². The van der Waals surface area contributed by atoms with Crippen molar-refractivity contribution in [1.29, 1.82) is 0 Å². The summed E-state index contributed by atoms with van der Waals surface area (Å²) in [4.78, 5) is 23.8. The van der Waals surface area contributed by atoms with Gasteiger partial charge in [-0.15, -0.1) is 0 Å². The van der Waals surface area contributed by atoms with E-state index in [2.05, 4.69) is 0 Å². The lowest BCUT2D eigenvalue weighted by Crippen LogP contribution is -2.39. The van der Waals surface area contributed by atoms with E-state index >= 15 is 0 Å². The van der Waals surface area contributed by atoms with Crippen molar-refractivity contribution < 1.29 is 14.8 Å². The molecule has 6 nitrogen and oxygen atoms in total. The van der Waals surface area contributed by atoms with Gasteiger partial charge in [0.25, 0.3) is 5.69 Å². The number of rotatable bonds is 5. The van der Waals surface area contributed by atoms with E-state index in [1.807, 2.05) is 0 Å². The van der Waals surface area contributed by atoms with Crippen molar-refractivity contribution in [3.8, 4) is 0 Å². The maximum atomic E-state index is 11.4. The first-order valence-corrected chi connectivity index (χ1v) is 7.05. The summed E-state index contributed by atoms with van der Waals surface area (Å²) in [6, 6.07) is 4.46. The van der Waals surface area contributed by atoms with E-state index in [1.54, 1.807) is 24.1 Å². The van der Waals surface area contributed by atoms with Crippen LogP contribution in [0.2, 0.25) is 0 Å². The van der Waals surface area contributed by atoms with Crippen LogP contribution in [0.4, 0.5) is 11.4 Å². The summed E-state index contributed by atoms with van der Waals surface area (Å²) in [6.07, 6.45) is 3.40. The Morgan fingerprint density at radius 3 is 2.57 bits per heavy atom. The predicted molar refractivity (Wildman–Crippen MR) is 79.8 cm³/mol. The fourth-order valence-corrected chi connectivity index (χ4v) is 2.93. The topological polar surface area (TPSA) is 83.7 Å². The Bertz CT molecular complexity index is 565. The average Bonchev–Trinajstić information content (AvgIpc) is 2.84. The fourth-order valence-electron chi connectivity index (χ4n) is 2.93. The molecule has 0 aromatic heterocycles. The number of benzene rings is 1. The fraction of sp³-hybridized carbons (Fsp3) is 0.533. The van der Waals surface area contributed by atoms with Gasteiger partial charge in [0.15, 0.2) is 5.78 Å². The van der Waals surface area contributed by atoms with E-state index in [9.17, 15) is 20.0 Å². The van der Waals surface area contributed by atoms with Gasteiger partial charge >= 0.3 is 0 Å². The van der Waals surface area contributed by atoms with Crippen LogP contribution in [0.15, 0.2) is 18.2 Å². The highest BCUT2D eigenvalue weighted by Gasteiger charge is 2.33. The first-order chi connectivity index (χ1) is 9.82. The highest BCUT2D eigenvalue weighted by atomic mass is 16.6. The molecular weight excluding hydrogens is 272 g/mol. The Hall–Kier alpha value is -1.95. The van der Waals surface area contributed by atoms with Gasteiger partial charge in [-0.2, -0.15) is 0 Å². The number of hydrogen-bond donors (Lipinski definition) is 1. The largest absolute Gasteiger partial charge is 0.388 e. The van der Waals surface area contributed by atoms with Gasteiger partial charge in [0.05, 0.1) is 10.5 Å². The van der Waals surface area contributed by atoms with Crippen LogP contribution < -0.4 is 4.90 Å². The second-order valence-corrected chi connectivity index (χ2v) is 5.80. The van der Waals surface area contributed by atoms with Crippen LogP contribution >= 0.6 is 0 Å². The molecule has 21 heavy (non-hydrogen) atoms. The quantitative estimate of drug-likeness (QED) is 0.512. The molecule has 0 saturated heterocycles. The van der Waals surface area contributed by atoms with Crippen molar-refractivity contribution in [2.24, 2.45) is 0 Å². The SMILES string of the molecule is CC(=O)c1ccc(N(C)CC2(O)CCCC2)c([N+](=O)[O-])c1. The molecule has 1 N–H and O–H groups in total. The van der Waals surface area contributed by atoms with Gasteiger partial charge in [-0.25, -0.2) is 0 Å². The Kier molecular flexibility index (Phi) is 4.27. The van der Waals surface area contributed by atoms with E-state index < -0.39 is 10.5 Å². The highest BCUT2D eigenvalue weighted by Crippen LogP contribution is 2.34. The van der Waals surface area contributed by atoms with Gasteiger partial charge in [0.1, 0.15) is 5.69 Å². The molecule has 1 saturated carbocycles. The minimum Gasteiger partial charge on any atom is -0.388 e. The van der Waals surface area contributed by atoms with Gasteiger partial charge < -0.3 is 10.0 Å². The number of aliphatic hydroxyl groups is 1. The molecule has 0 unspecified atom stereocenters. The number of ketones is 1. The van der Waals surface area contributed by atoms with E-state index in [1.165, 1.54) is 13.0 Å². The minimum absolute atomic E-state index is 0.105. The number of hydrogen-bond acceptors (Lipinski definition) is 5. The Morgan fingerprint density at radius 1 is 1.43 bits per heavy atom. The van der Waals surface area contributed by atoms with Crippen molar-refractivity contribution in [1.82, 2.24) is 0 Å². The van der Waals surface area contributed by atoms with Gasteiger partial charge in [0, 0.05) is 25.2 Å². The summed E-state index contributed by atoms with van der Waals surface area (Å²) >= 11 is 0. The summed E-state index contributed by atoms with van der Waals surface area (Å²) in [5.74, 6) is -0.207. The maximum absolute atomic E-state index is 11.4. The molecule has 1 aliphatic rings. The zero-order valence-corrected chi connectivity index (χ0v) is 12.3. The molecule has 2 rings (SSSR count). The molecule has 6 heteroatoms. The number of likely N-dealkylation sites (N-methyl/N-ethyl adjacent to an activating group) is 1. The lowest BCUT2D eigenvalue weighted by atomic mass is 10.0. The lowest BCUT2D eigenvalue weighted by Gasteiger charge is -2.29. The molecule has 0 heterocycles. The second kappa shape index (κ2) is 5.81. The third kappa shape index (κ3) is 3.39. The number of nitro groups is 1.